The molecule has 0 bridgehead atoms. The molecule has 7 nitrogen and oxygen atoms in total. The summed E-state index contributed by atoms with van der Waals surface area (Å²) in [5.41, 5.74) is 1.92. The summed E-state index contributed by atoms with van der Waals surface area (Å²) in [5.74, 6) is -0.255. The highest BCUT2D eigenvalue weighted by Crippen LogP contribution is 2.21. The van der Waals surface area contributed by atoms with E-state index in [0.29, 0.717) is 26.2 Å². The highest BCUT2D eigenvalue weighted by atomic mass is 16.6. The van der Waals surface area contributed by atoms with Gasteiger partial charge in [0.15, 0.2) is 0 Å². The van der Waals surface area contributed by atoms with Crippen molar-refractivity contribution >= 4 is 12.0 Å². The Labute approximate surface area is 126 Å². The molecule has 3 heterocycles. The number of carbonyl (C=O) groups excluding carboxylic acids is 2. The van der Waals surface area contributed by atoms with Crippen molar-refractivity contribution in [2.24, 2.45) is 0 Å². The molecule has 2 saturated heterocycles. The first-order valence-corrected chi connectivity index (χ1v) is 7.61. The maximum atomic E-state index is 12.7. The predicted octanol–water partition coefficient (Wildman–Crippen LogP) is 0.140. The lowest BCUT2D eigenvalue weighted by Gasteiger charge is -2.35. The van der Waals surface area contributed by atoms with E-state index in [1.165, 1.54) is 0 Å². The maximum Gasteiger partial charge on any atom is 0.410 e. The van der Waals surface area contributed by atoms with E-state index >= 15 is 0 Å². The second kappa shape index (κ2) is 4.86. The fourth-order valence-electron chi connectivity index (χ4n) is 3.52. The molecule has 22 heavy (non-hydrogen) atoms. The number of rotatable bonds is 1. The molecule has 2 amide bonds. The Morgan fingerprint density at radius 3 is 3.00 bits per heavy atom. The van der Waals surface area contributed by atoms with Crippen LogP contribution >= 0.6 is 0 Å². The third kappa shape index (κ3) is 2.00. The number of H-pyrrole nitrogens is 1. The van der Waals surface area contributed by atoms with Gasteiger partial charge >= 0.3 is 6.09 Å². The summed E-state index contributed by atoms with van der Waals surface area (Å²) in [6.07, 6.45) is 2.49. The van der Waals surface area contributed by atoms with Gasteiger partial charge in [-0.1, -0.05) is 0 Å². The van der Waals surface area contributed by atoms with Crippen LogP contribution in [-0.4, -0.2) is 59.1 Å². The molecule has 0 unspecified atom stereocenters. The van der Waals surface area contributed by atoms with Gasteiger partial charge in [-0.25, -0.2) is 4.79 Å². The van der Waals surface area contributed by atoms with Gasteiger partial charge in [0.1, 0.15) is 12.2 Å². The molecule has 0 spiro atoms. The van der Waals surface area contributed by atoms with E-state index in [1.54, 1.807) is 15.9 Å². The summed E-state index contributed by atoms with van der Waals surface area (Å²) in [5, 5.41) is 0. The summed E-state index contributed by atoms with van der Waals surface area (Å²) in [6.45, 7) is 1.61. The summed E-state index contributed by atoms with van der Waals surface area (Å²) < 4.78 is 5.00. The van der Waals surface area contributed by atoms with E-state index in [4.69, 9.17) is 4.74 Å². The number of pyridine rings is 1. The Hall–Kier alpha value is -2.31. The van der Waals surface area contributed by atoms with Crippen LogP contribution in [0.4, 0.5) is 4.79 Å². The van der Waals surface area contributed by atoms with Crippen LogP contribution in [0.2, 0.25) is 0 Å². The second-order valence-corrected chi connectivity index (χ2v) is 6.04. The smallest absolute Gasteiger partial charge is 0.410 e. The zero-order valence-electron chi connectivity index (χ0n) is 12.1. The molecule has 1 aromatic rings. The van der Waals surface area contributed by atoms with Crippen LogP contribution in [0.5, 0.6) is 0 Å². The Balaban J connectivity index is 1.58. The summed E-state index contributed by atoms with van der Waals surface area (Å²) in [7, 11) is 0. The fraction of sp³-hybridized carbons (Fsp3) is 0.533. The Kier molecular flexibility index (Phi) is 2.95. The number of aromatic nitrogens is 1. The van der Waals surface area contributed by atoms with Gasteiger partial charge in [0.25, 0.3) is 11.5 Å². The minimum absolute atomic E-state index is 0.0984. The summed E-state index contributed by atoms with van der Waals surface area (Å²) >= 11 is 0. The highest BCUT2D eigenvalue weighted by Gasteiger charge is 2.39. The first-order chi connectivity index (χ1) is 10.6. The van der Waals surface area contributed by atoms with E-state index < -0.39 is 0 Å². The Morgan fingerprint density at radius 2 is 2.14 bits per heavy atom. The minimum atomic E-state index is -0.313. The third-order valence-corrected chi connectivity index (χ3v) is 4.72. The number of amides is 2. The lowest BCUT2D eigenvalue weighted by Crippen LogP contribution is -2.54. The standard InChI is InChI=1S/C15H17N3O4/c19-13-11(6-9-2-1-3-12(9)16-13)14(20)17-4-5-18-10(7-17)8-22-15(18)21/h6,10H,1-5,7-8H2,(H,16,19)/t10-/m0/s1. The van der Waals surface area contributed by atoms with Crippen LogP contribution in [0, 0.1) is 0 Å². The number of piperazine rings is 1. The number of cyclic esters (lactones) is 1. The van der Waals surface area contributed by atoms with Crippen molar-refractivity contribution in [3.05, 3.63) is 33.2 Å². The average molecular weight is 303 g/mol. The van der Waals surface area contributed by atoms with E-state index in [9.17, 15) is 14.4 Å². The summed E-state index contributed by atoms with van der Waals surface area (Å²) in [6, 6.07) is 1.64. The Bertz CT molecular complexity index is 711. The largest absolute Gasteiger partial charge is 0.447 e. The third-order valence-electron chi connectivity index (χ3n) is 4.72. The van der Waals surface area contributed by atoms with Crippen molar-refractivity contribution in [1.82, 2.24) is 14.8 Å². The first kappa shape index (κ1) is 13.4. The monoisotopic (exact) mass is 303 g/mol. The quantitative estimate of drug-likeness (QED) is 0.800. The second-order valence-electron chi connectivity index (χ2n) is 6.04. The van der Waals surface area contributed by atoms with Gasteiger partial charge in [0.2, 0.25) is 0 Å². The van der Waals surface area contributed by atoms with Crippen molar-refractivity contribution < 1.29 is 14.3 Å². The number of carbonyl (C=O) groups is 2. The SMILES string of the molecule is O=C(c1cc2c([nH]c1=O)CCC2)N1CCN2C(=O)OC[C@@H]2C1. The number of hydrogen-bond donors (Lipinski definition) is 1. The highest BCUT2D eigenvalue weighted by molar-refractivity contribution is 5.94. The van der Waals surface area contributed by atoms with Crippen LogP contribution in [0.15, 0.2) is 10.9 Å². The van der Waals surface area contributed by atoms with Crippen molar-refractivity contribution in [2.75, 3.05) is 26.2 Å². The zero-order chi connectivity index (χ0) is 15.3. The molecule has 1 N–H and O–H groups in total. The molecule has 4 rings (SSSR count). The number of aromatic amines is 1. The minimum Gasteiger partial charge on any atom is -0.447 e. The molecule has 7 heteroatoms. The summed E-state index contributed by atoms with van der Waals surface area (Å²) in [4.78, 5) is 42.4. The van der Waals surface area contributed by atoms with E-state index in [-0.39, 0.29) is 29.2 Å². The molecule has 0 aromatic carbocycles. The van der Waals surface area contributed by atoms with E-state index in [1.807, 2.05) is 0 Å². The molecule has 1 aromatic heterocycles. The normalized spacial score (nSPS) is 23.3. The topological polar surface area (TPSA) is 82.7 Å². The van der Waals surface area contributed by atoms with E-state index in [2.05, 4.69) is 4.98 Å². The number of aryl methyl sites for hydroxylation is 2. The number of hydrogen-bond acceptors (Lipinski definition) is 4. The number of ether oxygens (including phenoxy) is 1. The molecule has 0 radical (unpaired) electrons. The molecule has 2 fully saturated rings. The van der Waals surface area contributed by atoms with Gasteiger partial charge in [-0.2, -0.15) is 0 Å². The molecule has 0 saturated carbocycles. The van der Waals surface area contributed by atoms with Crippen molar-refractivity contribution in [1.29, 1.82) is 0 Å². The van der Waals surface area contributed by atoms with Crippen LogP contribution in [0.3, 0.4) is 0 Å². The van der Waals surface area contributed by atoms with Crippen LogP contribution < -0.4 is 5.56 Å². The molecule has 116 valence electrons. The van der Waals surface area contributed by atoms with Gasteiger partial charge in [0, 0.05) is 25.3 Å². The Morgan fingerprint density at radius 1 is 1.27 bits per heavy atom. The average Bonchev–Trinajstić information content (AvgIpc) is 3.12. The van der Waals surface area contributed by atoms with Gasteiger partial charge < -0.3 is 14.6 Å². The van der Waals surface area contributed by atoms with Crippen molar-refractivity contribution in [3.63, 3.8) is 0 Å². The lowest BCUT2D eigenvalue weighted by atomic mass is 10.1. The number of nitrogens with zero attached hydrogens (tertiary/aromatic N) is 2. The van der Waals surface area contributed by atoms with Gasteiger partial charge in [-0.15, -0.1) is 0 Å². The molecular weight excluding hydrogens is 286 g/mol. The number of fused-ring (bicyclic) bond motifs is 2. The van der Waals surface area contributed by atoms with Gasteiger partial charge in [-0.05, 0) is 30.9 Å². The molecular formula is C15H17N3O4. The van der Waals surface area contributed by atoms with Gasteiger partial charge in [-0.3, -0.25) is 14.5 Å². The van der Waals surface area contributed by atoms with Crippen LogP contribution in [0.1, 0.15) is 28.0 Å². The van der Waals surface area contributed by atoms with E-state index in [0.717, 1.165) is 30.5 Å². The number of nitrogens with one attached hydrogen (secondary N) is 1. The maximum absolute atomic E-state index is 12.7. The molecule has 2 aliphatic heterocycles. The fourth-order valence-corrected chi connectivity index (χ4v) is 3.52. The van der Waals surface area contributed by atoms with Crippen LogP contribution in [0.25, 0.3) is 0 Å². The predicted molar refractivity (Wildman–Crippen MR) is 76.8 cm³/mol. The molecule has 1 atom stereocenters. The lowest BCUT2D eigenvalue weighted by molar-refractivity contribution is 0.0615. The molecule has 1 aliphatic carbocycles. The first-order valence-electron chi connectivity index (χ1n) is 7.61. The van der Waals surface area contributed by atoms with Gasteiger partial charge in [0.05, 0.1) is 6.04 Å². The molecule has 3 aliphatic rings. The zero-order valence-corrected chi connectivity index (χ0v) is 12.1. The van der Waals surface area contributed by atoms with Crippen molar-refractivity contribution in [3.8, 4) is 0 Å². The van der Waals surface area contributed by atoms with Crippen LogP contribution in [-0.2, 0) is 17.6 Å². The van der Waals surface area contributed by atoms with Crippen molar-refractivity contribution in [2.45, 2.75) is 25.3 Å².